The van der Waals surface area contributed by atoms with Crippen LogP contribution in [0.1, 0.15) is 50.4 Å². The first kappa shape index (κ1) is 23.0. The van der Waals surface area contributed by atoms with Gasteiger partial charge in [-0.05, 0) is 25.0 Å². The fourth-order valence-corrected chi connectivity index (χ4v) is 6.18. The van der Waals surface area contributed by atoms with E-state index in [-0.39, 0.29) is 43.4 Å². The highest BCUT2D eigenvalue weighted by Crippen LogP contribution is 2.43. The lowest BCUT2D eigenvalue weighted by molar-refractivity contribution is -0.151. The van der Waals surface area contributed by atoms with Gasteiger partial charge in [0, 0.05) is 42.6 Å². The zero-order chi connectivity index (χ0) is 25.2. The molecule has 6 rings (SSSR count). The molecule has 36 heavy (non-hydrogen) atoms. The van der Waals surface area contributed by atoms with Crippen LogP contribution in [0.4, 0.5) is 19.6 Å². The molecule has 4 aromatic rings. The van der Waals surface area contributed by atoms with Crippen molar-refractivity contribution in [3.05, 3.63) is 41.4 Å². The Morgan fingerprint density at radius 2 is 2.06 bits per heavy atom. The van der Waals surface area contributed by atoms with Crippen LogP contribution in [0.15, 0.2) is 18.3 Å². The number of rotatable bonds is 3. The monoisotopic (exact) mass is 506 g/mol. The molecule has 1 atom stereocenters. The van der Waals surface area contributed by atoms with E-state index in [1.54, 1.807) is 6.20 Å². The number of benzene rings is 1. The minimum atomic E-state index is -0.633. The van der Waals surface area contributed by atoms with Crippen molar-refractivity contribution in [2.75, 3.05) is 30.3 Å². The largest absolute Gasteiger partial charge is 0.389 e. The lowest BCUT2D eigenvalue weighted by atomic mass is 9.86. The van der Waals surface area contributed by atoms with Crippen molar-refractivity contribution in [1.29, 1.82) is 5.26 Å². The van der Waals surface area contributed by atoms with Gasteiger partial charge in [-0.2, -0.15) is 5.26 Å². The van der Waals surface area contributed by atoms with Gasteiger partial charge in [-0.25, -0.2) is 18.7 Å². The number of hydrogen-bond acceptors (Lipinski definition) is 8. The Bertz CT molecular complexity index is 1570. The Kier molecular flexibility index (Phi) is 5.32. The number of nitrogens with zero attached hydrogens (tertiary/aromatic N) is 5. The minimum Gasteiger partial charge on any atom is -0.389 e. The maximum Gasteiger partial charge on any atom is 0.175 e. The summed E-state index contributed by atoms with van der Waals surface area (Å²) in [6.45, 7) is 6.18. The second-order valence-electron chi connectivity index (χ2n) is 9.80. The average Bonchev–Trinajstić information content (AvgIpc) is 3.20. The topological polar surface area (TPSA) is 101 Å². The number of nitrogen functional groups attached to an aromatic ring is 1. The van der Waals surface area contributed by atoms with Crippen LogP contribution in [-0.2, 0) is 4.74 Å². The molecule has 2 saturated heterocycles. The third-order valence-corrected chi connectivity index (χ3v) is 8.21. The molecule has 2 fully saturated rings. The first-order chi connectivity index (χ1) is 17.3. The first-order valence-electron chi connectivity index (χ1n) is 12.0. The van der Waals surface area contributed by atoms with Crippen molar-refractivity contribution in [2.45, 2.75) is 44.6 Å². The molecule has 1 spiro atoms. The van der Waals surface area contributed by atoms with E-state index in [1.807, 2.05) is 19.9 Å². The molecule has 7 nitrogen and oxygen atoms in total. The quantitative estimate of drug-likeness (QED) is 0.390. The molecule has 5 heterocycles. The Labute approximate surface area is 210 Å². The molecule has 0 aliphatic carbocycles. The van der Waals surface area contributed by atoms with Gasteiger partial charge in [0.15, 0.2) is 5.82 Å². The van der Waals surface area contributed by atoms with Gasteiger partial charge < -0.3 is 15.4 Å². The number of anilines is 2. The zero-order valence-electron chi connectivity index (χ0n) is 19.9. The Morgan fingerprint density at radius 3 is 2.75 bits per heavy atom. The van der Waals surface area contributed by atoms with E-state index in [9.17, 15) is 9.65 Å². The van der Waals surface area contributed by atoms with Crippen LogP contribution < -0.4 is 10.6 Å². The number of nitriles is 1. The molecule has 3 aromatic heterocycles. The van der Waals surface area contributed by atoms with Crippen molar-refractivity contribution in [1.82, 2.24) is 15.0 Å². The molecular formula is C26H24F2N6OS. The van der Waals surface area contributed by atoms with E-state index in [2.05, 4.69) is 14.9 Å². The van der Waals surface area contributed by atoms with E-state index in [4.69, 9.17) is 15.5 Å². The minimum absolute atomic E-state index is 0.00130. The van der Waals surface area contributed by atoms with Gasteiger partial charge in [0.25, 0.3) is 0 Å². The average molecular weight is 507 g/mol. The van der Waals surface area contributed by atoms with Crippen LogP contribution in [0.2, 0.25) is 0 Å². The highest BCUT2D eigenvalue weighted by atomic mass is 32.1. The van der Waals surface area contributed by atoms with Crippen molar-refractivity contribution in [3.8, 4) is 17.3 Å². The number of ether oxygens (including phenoxy) is 1. The molecular weight excluding hydrogens is 482 g/mol. The zero-order valence-corrected chi connectivity index (χ0v) is 20.8. The van der Waals surface area contributed by atoms with Crippen LogP contribution in [0, 0.1) is 23.0 Å². The van der Waals surface area contributed by atoms with E-state index in [0.717, 1.165) is 43.8 Å². The predicted molar refractivity (Wildman–Crippen MR) is 136 cm³/mol. The van der Waals surface area contributed by atoms with Gasteiger partial charge in [-0.15, -0.1) is 11.3 Å². The number of pyridine rings is 1. The summed E-state index contributed by atoms with van der Waals surface area (Å²) in [4.78, 5) is 16.0. The van der Waals surface area contributed by atoms with Gasteiger partial charge >= 0.3 is 0 Å². The van der Waals surface area contributed by atoms with E-state index >= 15 is 4.39 Å². The Hall–Kier alpha value is -3.42. The third kappa shape index (κ3) is 3.41. The van der Waals surface area contributed by atoms with Crippen LogP contribution >= 0.6 is 11.3 Å². The van der Waals surface area contributed by atoms with Crippen molar-refractivity contribution in [3.63, 3.8) is 0 Å². The van der Waals surface area contributed by atoms with E-state index in [1.165, 1.54) is 12.1 Å². The summed E-state index contributed by atoms with van der Waals surface area (Å²) in [7, 11) is 0. The summed E-state index contributed by atoms with van der Waals surface area (Å²) in [5.41, 5.74) is 6.40. The number of halogens is 2. The van der Waals surface area contributed by atoms with Gasteiger partial charge in [0.05, 0.1) is 27.9 Å². The molecule has 2 aliphatic rings. The summed E-state index contributed by atoms with van der Waals surface area (Å²) in [5.74, 6) is 0.00741. The summed E-state index contributed by atoms with van der Waals surface area (Å²) in [5, 5.41) is 10.6. The van der Waals surface area contributed by atoms with Gasteiger partial charge in [0.1, 0.15) is 39.7 Å². The Balaban J connectivity index is 1.57. The number of thiophene rings is 1. The molecule has 0 amide bonds. The number of fused-ring (bicyclic) bond motifs is 2. The summed E-state index contributed by atoms with van der Waals surface area (Å²) >= 11 is 0.969. The second-order valence-corrected chi connectivity index (χ2v) is 10.9. The third-order valence-electron chi connectivity index (χ3n) is 7.19. The predicted octanol–water partition coefficient (Wildman–Crippen LogP) is 5.52. The molecule has 2 aliphatic heterocycles. The van der Waals surface area contributed by atoms with Crippen LogP contribution in [-0.4, -0.2) is 40.2 Å². The molecule has 0 bridgehead atoms. The second kappa shape index (κ2) is 8.32. The molecule has 2 N–H and O–H groups in total. The smallest absolute Gasteiger partial charge is 0.175 e. The SMILES string of the molecule is CC(C)c1nc(N2CCC[C@]3(CCO3)C2)c2cnc(-c3ccc(F)c4sc(N)c(C#N)c34)c(F)c2n1. The van der Waals surface area contributed by atoms with Crippen LogP contribution in [0.5, 0.6) is 0 Å². The molecule has 10 heteroatoms. The normalized spacial score (nSPS) is 19.8. The van der Waals surface area contributed by atoms with Gasteiger partial charge in [-0.1, -0.05) is 13.8 Å². The number of hydrogen-bond donors (Lipinski definition) is 1. The summed E-state index contributed by atoms with van der Waals surface area (Å²) in [6.07, 6.45) is 4.55. The Morgan fingerprint density at radius 1 is 1.25 bits per heavy atom. The van der Waals surface area contributed by atoms with Crippen molar-refractivity contribution < 1.29 is 13.5 Å². The first-order valence-corrected chi connectivity index (χ1v) is 12.8. The van der Waals surface area contributed by atoms with E-state index < -0.39 is 11.6 Å². The summed E-state index contributed by atoms with van der Waals surface area (Å²) < 4.78 is 36.9. The molecule has 184 valence electrons. The number of aromatic nitrogens is 3. The van der Waals surface area contributed by atoms with Gasteiger partial charge in [-0.3, -0.25) is 4.98 Å². The number of piperidine rings is 1. The highest BCUT2D eigenvalue weighted by Gasteiger charge is 2.43. The van der Waals surface area contributed by atoms with Crippen LogP contribution in [0.3, 0.4) is 0 Å². The van der Waals surface area contributed by atoms with Crippen LogP contribution in [0.25, 0.3) is 32.2 Å². The van der Waals surface area contributed by atoms with Crippen molar-refractivity contribution >= 4 is 43.1 Å². The lowest BCUT2D eigenvalue weighted by Crippen LogP contribution is -2.56. The highest BCUT2D eigenvalue weighted by molar-refractivity contribution is 7.23. The fraction of sp³-hybridized carbons (Fsp3) is 0.385. The standard InChI is InChI=1S/C26H24F2N6OS/c1-13(2)24-32-21-16(25(33-24)34-8-3-6-26(12-34)7-9-35-26)11-31-20(19(21)28)14-4-5-17(27)22-18(14)15(10-29)23(30)36-22/h4-5,11,13H,3,6-9,12,30H2,1-2H3/t26-/m0/s1. The van der Waals surface area contributed by atoms with E-state index in [0.29, 0.717) is 29.1 Å². The summed E-state index contributed by atoms with van der Waals surface area (Å²) in [6, 6.07) is 4.72. The lowest BCUT2D eigenvalue weighted by Gasteiger charge is -2.49. The van der Waals surface area contributed by atoms with Gasteiger partial charge in [0.2, 0.25) is 0 Å². The molecule has 1 aromatic carbocycles. The maximum absolute atomic E-state index is 16.2. The van der Waals surface area contributed by atoms with Crippen molar-refractivity contribution in [2.24, 2.45) is 0 Å². The maximum atomic E-state index is 16.2. The molecule has 0 radical (unpaired) electrons. The fourth-order valence-electron chi connectivity index (χ4n) is 5.23. The molecule has 0 saturated carbocycles. The molecule has 0 unspecified atom stereocenters. The number of nitrogens with two attached hydrogens (primary N) is 1.